The zero-order chi connectivity index (χ0) is 15.2. The van der Waals surface area contributed by atoms with Crippen LogP contribution in [0.2, 0.25) is 0 Å². The van der Waals surface area contributed by atoms with Crippen molar-refractivity contribution in [3.63, 3.8) is 0 Å². The molecule has 1 saturated carbocycles. The van der Waals surface area contributed by atoms with Crippen LogP contribution in [0.15, 0.2) is 18.2 Å². The van der Waals surface area contributed by atoms with Gasteiger partial charge in [-0.3, -0.25) is 0 Å². The van der Waals surface area contributed by atoms with Gasteiger partial charge in [-0.25, -0.2) is 9.37 Å². The van der Waals surface area contributed by atoms with Crippen molar-refractivity contribution >= 4 is 11.0 Å². The lowest BCUT2D eigenvalue weighted by atomic mass is 9.76. The molecule has 2 aromatic rings. The van der Waals surface area contributed by atoms with Gasteiger partial charge in [0.25, 0.3) is 0 Å². The van der Waals surface area contributed by atoms with Gasteiger partial charge in [0.2, 0.25) is 0 Å². The Morgan fingerprint density at radius 3 is 2.86 bits per heavy atom. The number of nitrogens with zero attached hydrogens (tertiary/aromatic N) is 2. The Bertz CT molecular complexity index is 661. The molecule has 3 nitrogen and oxygen atoms in total. The molecule has 0 saturated heterocycles. The minimum absolute atomic E-state index is 0.212. The fourth-order valence-electron chi connectivity index (χ4n) is 3.75. The van der Waals surface area contributed by atoms with Gasteiger partial charge in [0.05, 0.1) is 11.1 Å². The molecule has 1 heterocycles. The molecule has 4 heteroatoms. The van der Waals surface area contributed by atoms with Crippen LogP contribution in [0.4, 0.5) is 4.39 Å². The maximum absolute atomic E-state index is 14.1. The quantitative estimate of drug-likeness (QED) is 0.903. The van der Waals surface area contributed by atoms with E-state index in [1.54, 1.807) is 6.07 Å². The number of fused-ring (bicyclic) bond motifs is 1. The van der Waals surface area contributed by atoms with E-state index in [2.05, 4.69) is 30.3 Å². The maximum atomic E-state index is 14.1. The van der Waals surface area contributed by atoms with E-state index < -0.39 is 5.54 Å². The van der Waals surface area contributed by atoms with Gasteiger partial charge in [-0.15, -0.1) is 0 Å². The van der Waals surface area contributed by atoms with Gasteiger partial charge in [-0.2, -0.15) is 0 Å². The smallest absolute Gasteiger partial charge is 0.151 e. The molecule has 0 radical (unpaired) electrons. The van der Waals surface area contributed by atoms with Gasteiger partial charge < -0.3 is 10.3 Å². The fourth-order valence-corrected chi connectivity index (χ4v) is 3.75. The SMILES string of the molecule is CC1CCCC(N)(c2nc3c(F)cccc3n2C(C)C)C1. The number of para-hydroxylation sites is 1. The molecule has 2 unspecified atom stereocenters. The van der Waals surface area contributed by atoms with Crippen molar-refractivity contribution in [1.29, 1.82) is 0 Å². The minimum atomic E-state index is -0.437. The topological polar surface area (TPSA) is 43.8 Å². The normalized spacial score (nSPS) is 26.7. The second kappa shape index (κ2) is 5.09. The third-order valence-electron chi connectivity index (χ3n) is 4.67. The Hall–Kier alpha value is -1.42. The van der Waals surface area contributed by atoms with E-state index in [0.717, 1.165) is 30.6 Å². The summed E-state index contributed by atoms with van der Waals surface area (Å²) in [7, 11) is 0. The molecule has 2 atom stereocenters. The average molecular weight is 289 g/mol. The van der Waals surface area contributed by atoms with E-state index in [9.17, 15) is 4.39 Å². The maximum Gasteiger partial charge on any atom is 0.151 e. The highest BCUT2D eigenvalue weighted by molar-refractivity contribution is 5.77. The van der Waals surface area contributed by atoms with Crippen molar-refractivity contribution in [3.05, 3.63) is 29.8 Å². The second-order valence-electron chi connectivity index (χ2n) is 6.86. The first-order valence-corrected chi connectivity index (χ1v) is 7.88. The van der Waals surface area contributed by atoms with E-state index in [4.69, 9.17) is 5.73 Å². The summed E-state index contributed by atoms with van der Waals surface area (Å²) in [6, 6.07) is 5.36. The Balaban J connectivity index is 2.22. The standard InChI is InChI=1S/C17H24FN3/c1-11(2)21-14-8-4-7-13(18)15(14)20-16(21)17(19)9-5-6-12(3)10-17/h4,7-8,11-12H,5-6,9-10,19H2,1-3H3. The zero-order valence-electron chi connectivity index (χ0n) is 13.1. The molecule has 0 bridgehead atoms. The monoisotopic (exact) mass is 289 g/mol. The summed E-state index contributed by atoms with van der Waals surface area (Å²) in [4.78, 5) is 4.63. The van der Waals surface area contributed by atoms with Crippen molar-refractivity contribution < 1.29 is 4.39 Å². The van der Waals surface area contributed by atoms with Crippen LogP contribution < -0.4 is 5.73 Å². The summed E-state index contributed by atoms with van der Waals surface area (Å²) < 4.78 is 16.2. The molecule has 21 heavy (non-hydrogen) atoms. The molecule has 0 aliphatic heterocycles. The molecule has 1 aromatic carbocycles. The van der Waals surface area contributed by atoms with E-state index in [1.807, 2.05) is 6.07 Å². The number of imidazole rings is 1. The van der Waals surface area contributed by atoms with Crippen molar-refractivity contribution in [2.24, 2.45) is 11.7 Å². The highest BCUT2D eigenvalue weighted by Crippen LogP contribution is 2.39. The fraction of sp³-hybridized carbons (Fsp3) is 0.588. The lowest BCUT2D eigenvalue weighted by Gasteiger charge is -2.37. The lowest BCUT2D eigenvalue weighted by molar-refractivity contribution is 0.220. The lowest BCUT2D eigenvalue weighted by Crippen LogP contribution is -2.43. The van der Waals surface area contributed by atoms with E-state index >= 15 is 0 Å². The molecule has 1 fully saturated rings. The molecule has 114 valence electrons. The second-order valence-corrected chi connectivity index (χ2v) is 6.86. The first-order chi connectivity index (χ1) is 9.92. The number of halogens is 1. The third kappa shape index (κ3) is 2.35. The van der Waals surface area contributed by atoms with E-state index in [-0.39, 0.29) is 11.9 Å². The summed E-state index contributed by atoms with van der Waals surface area (Å²) >= 11 is 0. The molecular formula is C17H24FN3. The van der Waals surface area contributed by atoms with Gasteiger partial charge in [-0.05, 0) is 44.7 Å². The number of aromatic nitrogens is 2. The van der Waals surface area contributed by atoms with Gasteiger partial charge >= 0.3 is 0 Å². The molecule has 1 aromatic heterocycles. The van der Waals surface area contributed by atoms with Gasteiger partial charge in [0.15, 0.2) is 5.82 Å². The summed E-state index contributed by atoms with van der Waals surface area (Å²) in [6.45, 7) is 6.44. The summed E-state index contributed by atoms with van der Waals surface area (Å²) in [6.07, 6.45) is 4.18. The predicted molar refractivity (Wildman–Crippen MR) is 83.6 cm³/mol. The number of hydrogen-bond acceptors (Lipinski definition) is 2. The van der Waals surface area contributed by atoms with Crippen LogP contribution in [-0.4, -0.2) is 9.55 Å². The van der Waals surface area contributed by atoms with Gasteiger partial charge in [0, 0.05) is 6.04 Å². The molecule has 0 spiro atoms. The van der Waals surface area contributed by atoms with Crippen LogP contribution >= 0.6 is 0 Å². The number of rotatable bonds is 2. The van der Waals surface area contributed by atoms with E-state index in [1.165, 1.54) is 12.5 Å². The van der Waals surface area contributed by atoms with E-state index in [0.29, 0.717) is 11.4 Å². The molecule has 2 N–H and O–H groups in total. The van der Waals surface area contributed by atoms with Crippen LogP contribution in [0.3, 0.4) is 0 Å². The van der Waals surface area contributed by atoms with Crippen LogP contribution in [0.25, 0.3) is 11.0 Å². The van der Waals surface area contributed by atoms with Crippen LogP contribution in [0.1, 0.15) is 58.3 Å². The Kier molecular flexibility index (Phi) is 3.52. The molecular weight excluding hydrogens is 265 g/mol. The highest BCUT2D eigenvalue weighted by atomic mass is 19.1. The Morgan fingerprint density at radius 1 is 1.43 bits per heavy atom. The largest absolute Gasteiger partial charge is 0.324 e. The molecule has 0 amide bonds. The average Bonchev–Trinajstić information content (AvgIpc) is 2.80. The summed E-state index contributed by atoms with van der Waals surface area (Å²) in [5, 5.41) is 0. The molecule has 1 aliphatic rings. The minimum Gasteiger partial charge on any atom is -0.324 e. The zero-order valence-corrected chi connectivity index (χ0v) is 13.1. The van der Waals surface area contributed by atoms with Crippen molar-refractivity contribution in [2.45, 2.75) is 58.0 Å². The van der Waals surface area contributed by atoms with Gasteiger partial charge in [-0.1, -0.05) is 25.8 Å². The predicted octanol–water partition coefficient (Wildman–Crippen LogP) is 4.12. The van der Waals surface area contributed by atoms with Crippen LogP contribution in [-0.2, 0) is 5.54 Å². The first-order valence-electron chi connectivity index (χ1n) is 7.88. The Morgan fingerprint density at radius 2 is 2.19 bits per heavy atom. The first kappa shape index (κ1) is 14.5. The summed E-state index contributed by atoms with van der Waals surface area (Å²) in [5.74, 6) is 1.18. The van der Waals surface area contributed by atoms with Crippen LogP contribution in [0.5, 0.6) is 0 Å². The summed E-state index contributed by atoms with van der Waals surface area (Å²) in [5.41, 5.74) is 7.58. The number of benzene rings is 1. The third-order valence-corrected chi connectivity index (χ3v) is 4.67. The van der Waals surface area contributed by atoms with Crippen LogP contribution in [0, 0.1) is 11.7 Å². The highest BCUT2D eigenvalue weighted by Gasteiger charge is 2.37. The number of nitrogens with two attached hydrogens (primary N) is 1. The number of hydrogen-bond donors (Lipinski definition) is 1. The van der Waals surface area contributed by atoms with Crippen molar-refractivity contribution in [1.82, 2.24) is 9.55 Å². The van der Waals surface area contributed by atoms with Crippen molar-refractivity contribution in [3.8, 4) is 0 Å². The van der Waals surface area contributed by atoms with Gasteiger partial charge in [0.1, 0.15) is 11.3 Å². The molecule has 3 rings (SSSR count). The van der Waals surface area contributed by atoms with Crippen molar-refractivity contribution in [2.75, 3.05) is 0 Å². The molecule has 1 aliphatic carbocycles. The Labute approximate surface area is 125 Å².